The highest BCUT2D eigenvalue weighted by atomic mass is 32.3. The van der Waals surface area contributed by atoms with Gasteiger partial charge in [-0.1, -0.05) is 46.2 Å². The van der Waals surface area contributed by atoms with Crippen LogP contribution in [0.4, 0.5) is 4.39 Å². The fourth-order valence-electron chi connectivity index (χ4n) is 3.21. The molecule has 1 aromatic heterocycles. The molecule has 0 saturated carbocycles. The Bertz CT molecular complexity index is 1370. The number of aromatic nitrogens is 1. The Kier molecular flexibility index (Phi) is 5.57. The highest BCUT2D eigenvalue weighted by molar-refractivity contribution is 8.04. The summed E-state index contributed by atoms with van der Waals surface area (Å²) in [6.07, 6.45) is 1.48. The first-order chi connectivity index (χ1) is 14.8. The number of hydrogen-bond acceptors (Lipinski definition) is 5. The monoisotopic (exact) mass is 456 g/mol. The molecule has 3 aromatic carbocycles. The van der Waals surface area contributed by atoms with E-state index in [1.54, 1.807) is 24.3 Å². The fraction of sp³-hybridized carbons (Fsp3) is 0.0455. The van der Waals surface area contributed by atoms with Gasteiger partial charge in [0.25, 0.3) is 20.0 Å². The van der Waals surface area contributed by atoms with Crippen LogP contribution in [0.25, 0.3) is 10.9 Å². The van der Waals surface area contributed by atoms with E-state index in [9.17, 15) is 21.2 Å². The van der Waals surface area contributed by atoms with Gasteiger partial charge in [0.1, 0.15) is 5.82 Å². The van der Waals surface area contributed by atoms with E-state index in [2.05, 4.69) is 4.98 Å². The zero-order valence-electron chi connectivity index (χ0n) is 16.1. The normalized spacial score (nSPS) is 12.3. The Labute approximate surface area is 179 Å². The molecule has 0 aliphatic heterocycles. The third-order valence-corrected chi connectivity index (χ3v) is 8.91. The molecule has 0 aliphatic carbocycles. The number of halogens is 1. The Morgan fingerprint density at radius 2 is 1.29 bits per heavy atom. The topological polar surface area (TPSA) is 84.4 Å². The molecule has 0 atom stereocenters. The van der Waals surface area contributed by atoms with Crippen LogP contribution in [0, 0.1) is 5.82 Å². The molecule has 158 valence electrons. The number of fused-ring (bicyclic) bond motifs is 1. The molecular formula is C22H17FN2O4S2. The van der Waals surface area contributed by atoms with Crippen molar-refractivity contribution in [2.75, 3.05) is 0 Å². The zero-order valence-corrected chi connectivity index (χ0v) is 17.7. The van der Waals surface area contributed by atoms with Crippen molar-refractivity contribution in [3.63, 3.8) is 0 Å². The van der Waals surface area contributed by atoms with Gasteiger partial charge in [0.05, 0.1) is 21.9 Å². The van der Waals surface area contributed by atoms with Crippen LogP contribution in [0.3, 0.4) is 0 Å². The minimum atomic E-state index is -4.49. The molecule has 9 heteroatoms. The molecule has 1 heterocycles. The summed E-state index contributed by atoms with van der Waals surface area (Å²) in [5.74, 6) is -0.621. The van der Waals surface area contributed by atoms with E-state index in [0.717, 1.165) is 6.07 Å². The molecule has 0 bridgehead atoms. The number of nitrogens with zero attached hydrogens (tertiary/aromatic N) is 2. The average Bonchev–Trinajstić information content (AvgIpc) is 2.78. The van der Waals surface area contributed by atoms with Crippen LogP contribution in [0.5, 0.6) is 0 Å². The first-order valence-electron chi connectivity index (χ1n) is 9.21. The molecule has 0 aliphatic rings. The summed E-state index contributed by atoms with van der Waals surface area (Å²) in [5, 5.41) is 0.437. The first-order valence-corrected chi connectivity index (χ1v) is 12.1. The Morgan fingerprint density at radius 3 is 1.84 bits per heavy atom. The molecule has 0 radical (unpaired) electrons. The van der Waals surface area contributed by atoms with Crippen molar-refractivity contribution >= 4 is 30.9 Å². The number of sulfonamides is 2. The summed E-state index contributed by atoms with van der Waals surface area (Å²) in [6, 6.07) is 20.1. The number of pyridine rings is 1. The molecule has 4 rings (SSSR count). The molecule has 0 fully saturated rings. The first kappa shape index (κ1) is 21.1. The van der Waals surface area contributed by atoms with Gasteiger partial charge in [0.2, 0.25) is 0 Å². The van der Waals surface area contributed by atoms with E-state index in [-0.39, 0.29) is 15.4 Å². The second-order valence-electron chi connectivity index (χ2n) is 6.71. The Hall–Kier alpha value is -3.14. The van der Waals surface area contributed by atoms with Crippen molar-refractivity contribution < 1.29 is 21.2 Å². The zero-order chi connectivity index (χ0) is 22.1. The standard InChI is InChI=1S/C22H17FN2O4S2/c23-19-14-17-8-7-13-24-22(17)18(15-19)16-25(30(26,27)20-9-3-1-4-10-20)31(28,29)21-11-5-2-6-12-21/h1-15H,16H2. The van der Waals surface area contributed by atoms with Crippen molar-refractivity contribution in [2.24, 2.45) is 0 Å². The van der Waals surface area contributed by atoms with Crippen LogP contribution in [-0.4, -0.2) is 25.5 Å². The van der Waals surface area contributed by atoms with Crippen LogP contribution in [0.15, 0.2) is 101 Å². The van der Waals surface area contributed by atoms with E-state index in [1.165, 1.54) is 60.8 Å². The maximum Gasteiger partial charge on any atom is 0.256 e. The second kappa shape index (κ2) is 8.18. The molecule has 0 saturated heterocycles. The third-order valence-electron chi connectivity index (χ3n) is 4.67. The maximum absolute atomic E-state index is 14.2. The maximum atomic E-state index is 14.2. The number of hydrogen-bond donors (Lipinski definition) is 0. The third kappa shape index (κ3) is 4.07. The quantitative estimate of drug-likeness (QED) is 0.439. The lowest BCUT2D eigenvalue weighted by Gasteiger charge is -2.23. The van der Waals surface area contributed by atoms with Crippen LogP contribution in [0.2, 0.25) is 0 Å². The van der Waals surface area contributed by atoms with Gasteiger partial charge < -0.3 is 0 Å². The Morgan fingerprint density at radius 1 is 0.742 bits per heavy atom. The molecule has 0 N–H and O–H groups in total. The summed E-state index contributed by atoms with van der Waals surface area (Å²) in [7, 11) is -8.98. The van der Waals surface area contributed by atoms with Gasteiger partial charge in [0, 0.05) is 11.6 Å². The minimum absolute atomic E-state index is 0.134. The Balaban J connectivity index is 1.93. The molecule has 6 nitrogen and oxygen atoms in total. The van der Waals surface area contributed by atoms with Gasteiger partial charge in [-0.25, -0.2) is 21.2 Å². The van der Waals surface area contributed by atoms with E-state index in [0.29, 0.717) is 14.6 Å². The van der Waals surface area contributed by atoms with Crippen molar-refractivity contribution in [1.82, 2.24) is 8.69 Å². The summed E-state index contributed by atoms with van der Waals surface area (Å²) in [6.45, 7) is -0.611. The smallest absolute Gasteiger partial charge is 0.256 e. The number of rotatable bonds is 6. The molecule has 0 spiro atoms. The van der Waals surface area contributed by atoms with Crippen molar-refractivity contribution in [3.05, 3.63) is 103 Å². The predicted octanol–water partition coefficient (Wildman–Crippen LogP) is 3.95. The van der Waals surface area contributed by atoms with Gasteiger partial charge in [-0.3, -0.25) is 4.98 Å². The lowest BCUT2D eigenvalue weighted by molar-refractivity contribution is 0.494. The van der Waals surface area contributed by atoms with Crippen LogP contribution >= 0.6 is 0 Å². The molecule has 4 aromatic rings. The largest absolute Gasteiger partial charge is 0.256 e. The van der Waals surface area contributed by atoms with Gasteiger partial charge in [-0.15, -0.1) is 0 Å². The lowest BCUT2D eigenvalue weighted by atomic mass is 10.1. The highest BCUT2D eigenvalue weighted by Crippen LogP contribution is 2.29. The summed E-state index contributed by atoms with van der Waals surface area (Å²) in [4.78, 5) is 3.82. The predicted molar refractivity (Wildman–Crippen MR) is 114 cm³/mol. The molecule has 0 unspecified atom stereocenters. The average molecular weight is 457 g/mol. The second-order valence-corrected chi connectivity index (χ2v) is 10.7. The van der Waals surface area contributed by atoms with Crippen molar-refractivity contribution in [3.8, 4) is 0 Å². The summed E-state index contributed by atoms with van der Waals surface area (Å²) < 4.78 is 68.3. The summed E-state index contributed by atoms with van der Waals surface area (Å²) in [5.41, 5.74) is 0.454. The minimum Gasteiger partial charge on any atom is -0.256 e. The molecule has 0 amide bonds. The van der Waals surface area contributed by atoms with Gasteiger partial charge >= 0.3 is 0 Å². The van der Waals surface area contributed by atoms with Gasteiger partial charge in [0.15, 0.2) is 0 Å². The van der Waals surface area contributed by atoms with E-state index in [4.69, 9.17) is 0 Å². The summed E-state index contributed by atoms with van der Waals surface area (Å²) >= 11 is 0. The van der Waals surface area contributed by atoms with Crippen LogP contribution < -0.4 is 0 Å². The van der Waals surface area contributed by atoms with Gasteiger partial charge in [-0.05, 0) is 48.0 Å². The van der Waals surface area contributed by atoms with Crippen molar-refractivity contribution in [2.45, 2.75) is 16.3 Å². The number of benzene rings is 3. The molecule has 31 heavy (non-hydrogen) atoms. The van der Waals surface area contributed by atoms with E-state index in [1.807, 2.05) is 0 Å². The SMILES string of the molecule is O=S(=O)(c1ccccc1)N(Cc1cc(F)cc2cccnc12)S(=O)(=O)c1ccccc1. The lowest BCUT2D eigenvalue weighted by Crippen LogP contribution is -2.36. The molecular weight excluding hydrogens is 439 g/mol. The fourth-order valence-corrected chi connectivity index (χ4v) is 6.85. The van der Waals surface area contributed by atoms with Gasteiger partial charge in [-0.2, -0.15) is 0 Å². The van der Waals surface area contributed by atoms with Crippen molar-refractivity contribution in [1.29, 1.82) is 0 Å². The van der Waals surface area contributed by atoms with Crippen LogP contribution in [0.1, 0.15) is 5.56 Å². The van der Waals surface area contributed by atoms with Crippen LogP contribution in [-0.2, 0) is 26.6 Å². The van der Waals surface area contributed by atoms with E-state index < -0.39 is 32.4 Å². The van der Waals surface area contributed by atoms with E-state index >= 15 is 0 Å². The highest BCUT2D eigenvalue weighted by Gasteiger charge is 2.37.